The quantitative estimate of drug-likeness (QED) is 0.598. The molecule has 0 spiro atoms. The van der Waals surface area contributed by atoms with Crippen LogP contribution in [-0.4, -0.2) is 37.1 Å². The maximum Gasteiger partial charge on any atom is 0.131 e. The second-order valence-electron chi connectivity index (χ2n) is 3.80. The minimum Gasteiger partial charge on any atom is -0.385 e. The third-order valence-corrected chi connectivity index (χ3v) is 2.29. The third kappa shape index (κ3) is 5.60. The SMILES string of the molecule is CN(C)CCCCNc1ccnc(Cl)c1. The predicted octanol–water partition coefficient (Wildman–Crippen LogP) is 2.49. The van der Waals surface area contributed by atoms with Gasteiger partial charge in [-0.1, -0.05) is 11.6 Å². The van der Waals surface area contributed by atoms with Crippen LogP contribution in [0.5, 0.6) is 0 Å². The standard InChI is InChI=1S/C11H18ClN3/c1-15(2)8-4-3-6-13-10-5-7-14-11(12)9-10/h5,7,9H,3-4,6,8H2,1-2H3,(H,13,14). The van der Waals surface area contributed by atoms with Gasteiger partial charge in [0.25, 0.3) is 0 Å². The minimum atomic E-state index is 0.535. The summed E-state index contributed by atoms with van der Waals surface area (Å²) < 4.78 is 0. The molecule has 84 valence electrons. The van der Waals surface area contributed by atoms with Crippen LogP contribution in [0.4, 0.5) is 5.69 Å². The van der Waals surface area contributed by atoms with Gasteiger partial charge in [-0.15, -0.1) is 0 Å². The van der Waals surface area contributed by atoms with E-state index in [4.69, 9.17) is 11.6 Å². The summed E-state index contributed by atoms with van der Waals surface area (Å²) >= 11 is 5.77. The topological polar surface area (TPSA) is 28.2 Å². The molecule has 0 aliphatic rings. The molecule has 4 heteroatoms. The Labute approximate surface area is 96.5 Å². The van der Waals surface area contributed by atoms with Gasteiger partial charge in [-0.05, 0) is 45.6 Å². The van der Waals surface area contributed by atoms with Gasteiger partial charge >= 0.3 is 0 Å². The average Bonchev–Trinajstić information content (AvgIpc) is 2.17. The van der Waals surface area contributed by atoms with Crippen LogP contribution < -0.4 is 5.32 Å². The zero-order chi connectivity index (χ0) is 11.1. The molecule has 0 bridgehead atoms. The zero-order valence-corrected chi connectivity index (χ0v) is 10.1. The largest absolute Gasteiger partial charge is 0.385 e. The van der Waals surface area contributed by atoms with Crippen molar-refractivity contribution in [2.75, 3.05) is 32.5 Å². The first kappa shape index (κ1) is 12.3. The molecule has 1 aromatic heterocycles. The minimum absolute atomic E-state index is 0.535. The summed E-state index contributed by atoms with van der Waals surface area (Å²) in [5, 5.41) is 3.85. The molecule has 0 aliphatic heterocycles. The van der Waals surface area contributed by atoms with E-state index >= 15 is 0 Å². The van der Waals surface area contributed by atoms with Gasteiger partial charge in [0.05, 0.1) is 0 Å². The molecule has 0 atom stereocenters. The van der Waals surface area contributed by atoms with E-state index < -0.39 is 0 Å². The van der Waals surface area contributed by atoms with E-state index in [2.05, 4.69) is 29.3 Å². The third-order valence-electron chi connectivity index (χ3n) is 2.09. The summed E-state index contributed by atoms with van der Waals surface area (Å²) in [7, 11) is 4.19. The first-order valence-electron chi connectivity index (χ1n) is 5.18. The smallest absolute Gasteiger partial charge is 0.131 e. The van der Waals surface area contributed by atoms with Gasteiger partial charge in [0.15, 0.2) is 0 Å². The fourth-order valence-electron chi connectivity index (χ4n) is 1.30. The Balaban J connectivity index is 2.15. The van der Waals surface area contributed by atoms with Crippen molar-refractivity contribution >= 4 is 17.3 Å². The second kappa shape index (κ2) is 6.64. The lowest BCUT2D eigenvalue weighted by molar-refractivity contribution is 0.396. The Kier molecular flexibility index (Phi) is 5.43. The van der Waals surface area contributed by atoms with Gasteiger partial charge < -0.3 is 10.2 Å². The monoisotopic (exact) mass is 227 g/mol. The molecule has 1 heterocycles. The Morgan fingerprint density at radius 1 is 1.40 bits per heavy atom. The van der Waals surface area contributed by atoms with Crippen LogP contribution >= 0.6 is 11.6 Å². The van der Waals surface area contributed by atoms with Crippen LogP contribution in [0.25, 0.3) is 0 Å². The van der Waals surface area contributed by atoms with Crippen molar-refractivity contribution in [1.82, 2.24) is 9.88 Å². The molecule has 1 rings (SSSR count). The average molecular weight is 228 g/mol. The molecule has 0 unspecified atom stereocenters. The van der Waals surface area contributed by atoms with E-state index in [1.807, 2.05) is 12.1 Å². The number of rotatable bonds is 6. The molecule has 0 aromatic carbocycles. The van der Waals surface area contributed by atoms with E-state index in [1.54, 1.807) is 6.20 Å². The Morgan fingerprint density at radius 3 is 2.87 bits per heavy atom. The van der Waals surface area contributed by atoms with Crippen molar-refractivity contribution in [1.29, 1.82) is 0 Å². The van der Waals surface area contributed by atoms with Gasteiger partial charge in [-0.3, -0.25) is 0 Å². The van der Waals surface area contributed by atoms with Gasteiger partial charge in [0.2, 0.25) is 0 Å². The molecule has 0 aliphatic carbocycles. The molecular formula is C11H18ClN3. The van der Waals surface area contributed by atoms with Gasteiger partial charge in [-0.2, -0.15) is 0 Å². The summed E-state index contributed by atoms with van der Waals surface area (Å²) in [5.74, 6) is 0. The maximum atomic E-state index is 5.77. The maximum absolute atomic E-state index is 5.77. The molecule has 0 saturated carbocycles. The molecule has 3 nitrogen and oxygen atoms in total. The number of halogens is 1. The Bertz CT molecular complexity index is 289. The van der Waals surface area contributed by atoms with E-state index in [0.717, 1.165) is 25.2 Å². The normalized spacial score (nSPS) is 10.7. The fraction of sp³-hybridized carbons (Fsp3) is 0.545. The van der Waals surface area contributed by atoms with Crippen molar-refractivity contribution in [3.05, 3.63) is 23.5 Å². The van der Waals surface area contributed by atoms with Crippen LogP contribution in [0.1, 0.15) is 12.8 Å². The van der Waals surface area contributed by atoms with E-state index in [9.17, 15) is 0 Å². The van der Waals surface area contributed by atoms with E-state index in [1.165, 1.54) is 6.42 Å². The van der Waals surface area contributed by atoms with Crippen molar-refractivity contribution in [3.8, 4) is 0 Å². The molecule has 1 aromatic rings. The van der Waals surface area contributed by atoms with Crippen molar-refractivity contribution < 1.29 is 0 Å². The van der Waals surface area contributed by atoms with Crippen LogP contribution in [-0.2, 0) is 0 Å². The highest BCUT2D eigenvalue weighted by Crippen LogP contribution is 2.11. The Morgan fingerprint density at radius 2 is 2.20 bits per heavy atom. The molecule has 0 radical (unpaired) electrons. The molecule has 0 saturated heterocycles. The highest BCUT2D eigenvalue weighted by atomic mass is 35.5. The van der Waals surface area contributed by atoms with Crippen LogP contribution in [0.15, 0.2) is 18.3 Å². The number of nitrogens with one attached hydrogen (secondary N) is 1. The molecule has 0 amide bonds. The highest BCUT2D eigenvalue weighted by molar-refractivity contribution is 6.29. The number of hydrogen-bond donors (Lipinski definition) is 1. The summed E-state index contributed by atoms with van der Waals surface area (Å²) in [6.07, 6.45) is 4.08. The predicted molar refractivity (Wildman–Crippen MR) is 65.5 cm³/mol. The number of unbranched alkanes of at least 4 members (excludes halogenated alkanes) is 1. The molecular weight excluding hydrogens is 210 g/mol. The number of pyridine rings is 1. The van der Waals surface area contributed by atoms with E-state index in [0.29, 0.717) is 5.15 Å². The van der Waals surface area contributed by atoms with Crippen molar-refractivity contribution in [3.63, 3.8) is 0 Å². The highest BCUT2D eigenvalue weighted by Gasteiger charge is 1.94. The fourth-order valence-corrected chi connectivity index (χ4v) is 1.47. The molecule has 0 fully saturated rings. The summed E-state index contributed by atoms with van der Waals surface area (Å²) in [6.45, 7) is 2.12. The zero-order valence-electron chi connectivity index (χ0n) is 9.33. The first-order chi connectivity index (χ1) is 7.18. The van der Waals surface area contributed by atoms with Gasteiger partial charge in [-0.25, -0.2) is 4.98 Å². The number of nitrogens with zero attached hydrogens (tertiary/aromatic N) is 2. The van der Waals surface area contributed by atoms with Gasteiger partial charge in [0.1, 0.15) is 5.15 Å². The lowest BCUT2D eigenvalue weighted by Crippen LogP contribution is -2.14. The lowest BCUT2D eigenvalue weighted by Gasteiger charge is -2.09. The van der Waals surface area contributed by atoms with Crippen molar-refractivity contribution in [2.45, 2.75) is 12.8 Å². The lowest BCUT2D eigenvalue weighted by atomic mass is 10.3. The number of aromatic nitrogens is 1. The summed E-state index contributed by atoms with van der Waals surface area (Å²) in [4.78, 5) is 6.12. The van der Waals surface area contributed by atoms with Crippen LogP contribution in [0, 0.1) is 0 Å². The molecule has 1 N–H and O–H groups in total. The van der Waals surface area contributed by atoms with Gasteiger partial charge in [0, 0.05) is 18.4 Å². The summed E-state index contributed by atoms with van der Waals surface area (Å²) in [5.41, 5.74) is 1.04. The molecule has 15 heavy (non-hydrogen) atoms. The van der Waals surface area contributed by atoms with E-state index in [-0.39, 0.29) is 0 Å². The summed E-state index contributed by atoms with van der Waals surface area (Å²) in [6, 6.07) is 3.77. The number of anilines is 1. The first-order valence-corrected chi connectivity index (χ1v) is 5.56. The van der Waals surface area contributed by atoms with Crippen LogP contribution in [0.2, 0.25) is 5.15 Å². The Hall–Kier alpha value is -0.800. The van der Waals surface area contributed by atoms with Crippen molar-refractivity contribution in [2.24, 2.45) is 0 Å². The number of hydrogen-bond acceptors (Lipinski definition) is 3. The second-order valence-corrected chi connectivity index (χ2v) is 4.19. The van der Waals surface area contributed by atoms with Crippen LogP contribution in [0.3, 0.4) is 0 Å².